The molecular weight excluding hydrogens is 464 g/mol. The zero-order valence-corrected chi connectivity index (χ0v) is 20.8. The maximum Gasteiger partial charge on any atom is 0.339 e. The number of para-hydroxylation sites is 1. The third-order valence-electron chi connectivity index (χ3n) is 6.18. The van der Waals surface area contributed by atoms with Crippen LogP contribution in [0.2, 0.25) is 0 Å². The minimum Gasteiger partial charge on any atom is -0.449 e. The molecule has 1 N–H and O–H groups in total. The quantitative estimate of drug-likeness (QED) is 0.304. The summed E-state index contributed by atoms with van der Waals surface area (Å²) in [7, 11) is 1.78. The number of aromatic nitrogens is 3. The van der Waals surface area contributed by atoms with E-state index in [4.69, 9.17) is 9.72 Å². The van der Waals surface area contributed by atoms with Gasteiger partial charge in [0.2, 0.25) is 0 Å². The van der Waals surface area contributed by atoms with Gasteiger partial charge in [0, 0.05) is 23.9 Å². The zero-order valence-electron chi connectivity index (χ0n) is 20.8. The van der Waals surface area contributed by atoms with Crippen molar-refractivity contribution in [3.05, 3.63) is 102 Å². The lowest BCUT2D eigenvalue weighted by Crippen LogP contribution is -2.30. The third kappa shape index (κ3) is 4.84. The van der Waals surface area contributed by atoms with Crippen LogP contribution in [0.25, 0.3) is 33.4 Å². The van der Waals surface area contributed by atoms with Crippen LogP contribution in [-0.2, 0) is 16.6 Å². The van der Waals surface area contributed by atoms with E-state index >= 15 is 0 Å². The summed E-state index contributed by atoms with van der Waals surface area (Å²) in [6.45, 7) is 3.38. The molecule has 3 aromatic carbocycles. The van der Waals surface area contributed by atoms with E-state index < -0.39 is 18.0 Å². The number of ether oxygens (including phenoxy) is 1. The molecule has 7 nitrogen and oxygen atoms in total. The number of benzene rings is 3. The molecular formula is C30H26N4O3. The molecule has 37 heavy (non-hydrogen) atoms. The van der Waals surface area contributed by atoms with Gasteiger partial charge in [0.05, 0.1) is 22.3 Å². The van der Waals surface area contributed by atoms with Crippen molar-refractivity contribution in [2.45, 2.75) is 20.0 Å². The van der Waals surface area contributed by atoms with Gasteiger partial charge in [-0.1, -0.05) is 78.9 Å². The minimum atomic E-state index is -1.03. The van der Waals surface area contributed by atoms with Gasteiger partial charge in [0.15, 0.2) is 11.8 Å². The standard InChI is InChI=1S/C30H26N4O3/c1-19-27-24(18-26(22-14-8-5-9-15-22)31-28(27)34(3)33-19)30(36)37-20(2)29(35)32-25-17-11-10-16-23(25)21-12-6-4-7-13-21/h4-18,20H,1-3H3,(H,32,35). The van der Waals surface area contributed by atoms with Gasteiger partial charge in [-0.05, 0) is 31.5 Å². The second-order valence-corrected chi connectivity index (χ2v) is 8.78. The van der Waals surface area contributed by atoms with Crippen LogP contribution in [0.5, 0.6) is 0 Å². The molecule has 1 atom stereocenters. The number of carbonyl (C=O) groups is 2. The fourth-order valence-corrected chi connectivity index (χ4v) is 4.34. The normalized spacial score (nSPS) is 11.8. The molecule has 0 radical (unpaired) electrons. The number of amides is 1. The van der Waals surface area contributed by atoms with Crippen molar-refractivity contribution in [3.63, 3.8) is 0 Å². The van der Waals surface area contributed by atoms with E-state index in [9.17, 15) is 9.59 Å². The molecule has 184 valence electrons. The topological polar surface area (TPSA) is 86.1 Å². The molecule has 2 aromatic heterocycles. The summed E-state index contributed by atoms with van der Waals surface area (Å²) in [5.74, 6) is -1.03. The number of carbonyl (C=O) groups excluding carboxylic acids is 2. The largest absolute Gasteiger partial charge is 0.449 e. The summed E-state index contributed by atoms with van der Waals surface area (Å²) in [6, 6.07) is 28.6. The minimum absolute atomic E-state index is 0.318. The highest BCUT2D eigenvalue weighted by atomic mass is 16.5. The molecule has 5 rings (SSSR count). The SMILES string of the molecule is Cc1nn(C)c2nc(-c3ccccc3)cc(C(=O)OC(C)C(=O)Nc3ccccc3-c3ccccc3)c12. The van der Waals surface area contributed by atoms with Crippen LogP contribution in [0, 0.1) is 6.92 Å². The summed E-state index contributed by atoms with van der Waals surface area (Å²) in [4.78, 5) is 31.2. The first kappa shape index (κ1) is 23.9. The van der Waals surface area contributed by atoms with Crippen LogP contribution >= 0.6 is 0 Å². The van der Waals surface area contributed by atoms with Crippen LogP contribution in [-0.4, -0.2) is 32.7 Å². The summed E-state index contributed by atoms with van der Waals surface area (Å²) >= 11 is 0. The first-order chi connectivity index (χ1) is 17.9. The summed E-state index contributed by atoms with van der Waals surface area (Å²) < 4.78 is 7.31. The monoisotopic (exact) mass is 490 g/mol. The number of hydrogen-bond acceptors (Lipinski definition) is 5. The van der Waals surface area contributed by atoms with E-state index in [1.165, 1.54) is 0 Å². The summed E-state index contributed by atoms with van der Waals surface area (Å²) in [5.41, 5.74) is 5.52. The lowest BCUT2D eigenvalue weighted by atomic mass is 10.0. The Kier molecular flexibility index (Phi) is 6.51. The first-order valence-corrected chi connectivity index (χ1v) is 12.0. The van der Waals surface area contributed by atoms with E-state index in [-0.39, 0.29) is 0 Å². The number of pyridine rings is 1. The molecule has 1 amide bonds. The predicted molar refractivity (Wildman–Crippen MR) is 144 cm³/mol. The number of fused-ring (bicyclic) bond motifs is 1. The Bertz CT molecular complexity index is 1590. The van der Waals surface area contributed by atoms with Crippen molar-refractivity contribution in [1.29, 1.82) is 0 Å². The van der Waals surface area contributed by atoms with Crippen molar-refractivity contribution < 1.29 is 14.3 Å². The number of anilines is 1. The number of aryl methyl sites for hydroxylation is 2. The Hall–Kier alpha value is -4.78. The fourth-order valence-electron chi connectivity index (χ4n) is 4.34. The summed E-state index contributed by atoms with van der Waals surface area (Å²) in [5, 5.41) is 7.96. The van der Waals surface area contributed by atoms with Crippen LogP contribution in [0.4, 0.5) is 5.69 Å². The van der Waals surface area contributed by atoms with E-state index in [0.717, 1.165) is 16.7 Å². The van der Waals surface area contributed by atoms with Gasteiger partial charge in [-0.2, -0.15) is 5.10 Å². The van der Waals surface area contributed by atoms with E-state index in [0.29, 0.717) is 33.7 Å². The highest BCUT2D eigenvalue weighted by Gasteiger charge is 2.25. The fraction of sp³-hybridized carbons (Fsp3) is 0.133. The molecule has 0 spiro atoms. The molecule has 0 saturated heterocycles. The van der Waals surface area contributed by atoms with Crippen LogP contribution in [0.3, 0.4) is 0 Å². The molecule has 5 aromatic rings. The maximum absolute atomic E-state index is 13.4. The van der Waals surface area contributed by atoms with Gasteiger partial charge >= 0.3 is 5.97 Å². The molecule has 2 heterocycles. The van der Waals surface area contributed by atoms with E-state index in [2.05, 4.69) is 10.4 Å². The molecule has 0 saturated carbocycles. The van der Waals surface area contributed by atoms with Crippen LogP contribution < -0.4 is 5.32 Å². The smallest absolute Gasteiger partial charge is 0.339 e. The Balaban J connectivity index is 1.42. The average Bonchev–Trinajstić information content (AvgIpc) is 3.22. The Morgan fingerprint density at radius 3 is 2.22 bits per heavy atom. The first-order valence-electron chi connectivity index (χ1n) is 12.0. The van der Waals surface area contributed by atoms with Gasteiger partial charge in [-0.25, -0.2) is 9.78 Å². The average molecular weight is 491 g/mol. The molecule has 0 aliphatic rings. The molecule has 0 aliphatic carbocycles. The number of esters is 1. The molecule has 7 heteroatoms. The van der Waals surface area contributed by atoms with Crippen molar-refractivity contribution in [2.75, 3.05) is 5.32 Å². The highest BCUT2D eigenvalue weighted by molar-refractivity contribution is 6.06. The second kappa shape index (κ2) is 10.1. The molecule has 0 fully saturated rings. The Morgan fingerprint density at radius 2 is 1.51 bits per heavy atom. The van der Waals surface area contributed by atoms with Gasteiger partial charge in [0.1, 0.15) is 0 Å². The number of rotatable bonds is 6. The van der Waals surface area contributed by atoms with E-state index in [1.54, 1.807) is 24.7 Å². The summed E-state index contributed by atoms with van der Waals surface area (Å²) in [6.07, 6.45) is -1.03. The van der Waals surface area contributed by atoms with Crippen molar-refractivity contribution in [1.82, 2.24) is 14.8 Å². The van der Waals surface area contributed by atoms with E-state index in [1.807, 2.05) is 91.9 Å². The Labute approximate surface area is 214 Å². The number of hydrogen-bond donors (Lipinski definition) is 1. The van der Waals surface area contributed by atoms with Crippen LogP contribution in [0.1, 0.15) is 23.0 Å². The van der Waals surface area contributed by atoms with Gasteiger partial charge < -0.3 is 10.1 Å². The van der Waals surface area contributed by atoms with Gasteiger partial charge in [-0.15, -0.1) is 0 Å². The predicted octanol–water partition coefficient (Wildman–Crippen LogP) is 5.79. The van der Waals surface area contributed by atoms with Crippen molar-refractivity contribution in [3.8, 4) is 22.4 Å². The maximum atomic E-state index is 13.4. The lowest BCUT2D eigenvalue weighted by Gasteiger charge is -2.16. The third-order valence-corrected chi connectivity index (χ3v) is 6.18. The lowest BCUT2D eigenvalue weighted by molar-refractivity contribution is -0.123. The number of nitrogens with one attached hydrogen (secondary N) is 1. The van der Waals surface area contributed by atoms with Crippen molar-refractivity contribution >= 4 is 28.6 Å². The molecule has 0 bridgehead atoms. The van der Waals surface area contributed by atoms with Crippen molar-refractivity contribution in [2.24, 2.45) is 7.05 Å². The molecule has 1 unspecified atom stereocenters. The van der Waals surface area contributed by atoms with Gasteiger partial charge in [0.25, 0.3) is 5.91 Å². The Morgan fingerprint density at radius 1 is 0.892 bits per heavy atom. The van der Waals surface area contributed by atoms with Gasteiger partial charge in [-0.3, -0.25) is 9.48 Å². The highest BCUT2D eigenvalue weighted by Crippen LogP contribution is 2.29. The van der Waals surface area contributed by atoms with Crippen LogP contribution in [0.15, 0.2) is 91.0 Å². The second-order valence-electron chi connectivity index (χ2n) is 8.78. The number of nitrogens with zero attached hydrogens (tertiary/aromatic N) is 3. The zero-order chi connectivity index (χ0) is 25.9. The molecule has 0 aliphatic heterocycles.